The lowest BCUT2D eigenvalue weighted by Gasteiger charge is -2.13. The van der Waals surface area contributed by atoms with Crippen molar-refractivity contribution in [2.45, 2.75) is 51.0 Å². The molecule has 8 heteroatoms. The molecule has 0 atom stereocenters. The van der Waals surface area contributed by atoms with E-state index in [4.69, 9.17) is 9.72 Å². The van der Waals surface area contributed by atoms with Crippen LogP contribution in [0.25, 0.3) is 10.6 Å². The summed E-state index contributed by atoms with van der Waals surface area (Å²) in [5.41, 5.74) is 4.01. The van der Waals surface area contributed by atoms with Crippen molar-refractivity contribution in [2.24, 2.45) is 0 Å². The molecule has 0 radical (unpaired) electrons. The fourth-order valence-corrected chi connectivity index (χ4v) is 6.15. The molecule has 0 unspecified atom stereocenters. The maximum absolute atomic E-state index is 12.9. The summed E-state index contributed by atoms with van der Waals surface area (Å²) in [6, 6.07) is 0. The number of anilines is 1. The second-order valence-electron chi connectivity index (χ2n) is 7.43. The van der Waals surface area contributed by atoms with Gasteiger partial charge < -0.3 is 15.2 Å². The topological polar surface area (TPSA) is 88.5 Å². The van der Waals surface area contributed by atoms with Crippen LogP contribution < -0.4 is 5.32 Å². The Kier molecular flexibility index (Phi) is 4.57. The van der Waals surface area contributed by atoms with Gasteiger partial charge in [-0.2, -0.15) is 0 Å². The van der Waals surface area contributed by atoms with Crippen LogP contribution in [0.15, 0.2) is 16.5 Å². The molecule has 3 aliphatic rings. The first-order valence-corrected chi connectivity index (χ1v) is 11.3. The lowest BCUT2D eigenvalue weighted by Crippen LogP contribution is -2.16. The van der Waals surface area contributed by atoms with Gasteiger partial charge in [0, 0.05) is 32.9 Å². The standard InChI is InChI=1S/C20H20N2O4S2/c23-17(11-2-1-3-12(11)20(24)25)22-19-16(13-6-7-26-8-15(13)28-19)18-21-14(9-27-18)10-4-5-10/h9-10H,1-8H2,(H,22,23)(H,24,25). The zero-order valence-corrected chi connectivity index (χ0v) is 16.9. The van der Waals surface area contributed by atoms with Crippen LogP contribution >= 0.6 is 22.7 Å². The highest BCUT2D eigenvalue weighted by Crippen LogP contribution is 2.47. The third kappa shape index (κ3) is 3.19. The average molecular weight is 417 g/mol. The monoisotopic (exact) mass is 416 g/mol. The Bertz CT molecular complexity index is 1000. The number of rotatable bonds is 5. The van der Waals surface area contributed by atoms with Gasteiger partial charge in [-0.05, 0) is 44.1 Å². The maximum Gasteiger partial charge on any atom is 0.332 e. The third-order valence-corrected chi connectivity index (χ3v) is 7.53. The summed E-state index contributed by atoms with van der Waals surface area (Å²) in [6.07, 6.45) is 4.89. The minimum atomic E-state index is -0.990. The minimum absolute atomic E-state index is 0.244. The second-order valence-corrected chi connectivity index (χ2v) is 9.40. The van der Waals surface area contributed by atoms with Crippen LogP contribution in [0.2, 0.25) is 0 Å². The highest BCUT2D eigenvalue weighted by molar-refractivity contribution is 7.18. The molecule has 5 rings (SSSR count). The summed E-state index contributed by atoms with van der Waals surface area (Å²) in [5.74, 6) is -0.701. The highest BCUT2D eigenvalue weighted by atomic mass is 32.1. The number of hydrogen-bond donors (Lipinski definition) is 2. The number of nitrogens with one attached hydrogen (secondary N) is 1. The molecule has 0 saturated heterocycles. The number of ether oxygens (including phenoxy) is 1. The molecule has 2 N–H and O–H groups in total. The van der Waals surface area contributed by atoms with Gasteiger partial charge >= 0.3 is 5.97 Å². The van der Waals surface area contributed by atoms with Crippen molar-refractivity contribution < 1.29 is 19.4 Å². The third-order valence-electron chi connectivity index (χ3n) is 5.53. The predicted octanol–water partition coefficient (Wildman–Crippen LogP) is 4.33. The van der Waals surface area contributed by atoms with Gasteiger partial charge in [-0.3, -0.25) is 4.79 Å². The molecular formula is C20H20N2O4S2. The van der Waals surface area contributed by atoms with Crippen molar-refractivity contribution in [1.82, 2.24) is 4.98 Å². The summed E-state index contributed by atoms with van der Waals surface area (Å²) >= 11 is 3.15. The predicted molar refractivity (Wildman–Crippen MR) is 108 cm³/mol. The first kappa shape index (κ1) is 18.0. The Hall–Kier alpha value is -2.03. The summed E-state index contributed by atoms with van der Waals surface area (Å²) in [7, 11) is 0. The molecule has 1 aliphatic heterocycles. The van der Waals surface area contributed by atoms with Crippen LogP contribution in [-0.2, 0) is 27.4 Å². The molecule has 2 aromatic rings. The normalized spacial score (nSPS) is 19.0. The van der Waals surface area contributed by atoms with Crippen LogP contribution in [0.5, 0.6) is 0 Å². The van der Waals surface area contributed by atoms with Gasteiger partial charge in [-0.25, -0.2) is 9.78 Å². The molecule has 0 spiro atoms. The molecule has 2 aromatic heterocycles. The van der Waals surface area contributed by atoms with Crippen LogP contribution in [0.3, 0.4) is 0 Å². The van der Waals surface area contributed by atoms with Crippen molar-refractivity contribution in [3.05, 3.63) is 32.7 Å². The van der Waals surface area contributed by atoms with Gasteiger partial charge in [-0.1, -0.05) is 0 Å². The number of carbonyl (C=O) groups excluding carboxylic acids is 1. The number of carboxylic acids is 1. The summed E-state index contributed by atoms with van der Waals surface area (Å²) in [5, 5.41) is 16.2. The van der Waals surface area contributed by atoms with Crippen molar-refractivity contribution in [3.8, 4) is 10.6 Å². The Morgan fingerprint density at radius 1 is 1.21 bits per heavy atom. The van der Waals surface area contributed by atoms with Crippen LogP contribution in [-0.4, -0.2) is 28.6 Å². The van der Waals surface area contributed by atoms with E-state index in [1.807, 2.05) is 0 Å². The quantitative estimate of drug-likeness (QED) is 0.758. The van der Waals surface area contributed by atoms with Crippen LogP contribution in [0, 0.1) is 0 Å². The Labute approximate surface area is 170 Å². The zero-order valence-electron chi connectivity index (χ0n) is 15.2. The second kappa shape index (κ2) is 7.09. The first-order chi connectivity index (χ1) is 13.6. The SMILES string of the molecule is O=C(O)C1=C(C(=O)Nc2sc3c(c2-c2nc(C4CC4)cs2)CCOC3)CCC1. The molecule has 28 heavy (non-hydrogen) atoms. The maximum atomic E-state index is 12.9. The summed E-state index contributed by atoms with van der Waals surface area (Å²) in [4.78, 5) is 30.3. The number of fused-ring (bicyclic) bond motifs is 1. The number of aromatic nitrogens is 1. The lowest BCUT2D eigenvalue weighted by molar-refractivity contribution is -0.133. The van der Waals surface area contributed by atoms with Crippen molar-refractivity contribution in [1.29, 1.82) is 0 Å². The fraction of sp³-hybridized carbons (Fsp3) is 0.450. The number of thiophene rings is 1. The molecule has 1 fully saturated rings. The van der Waals surface area contributed by atoms with E-state index in [9.17, 15) is 14.7 Å². The molecule has 6 nitrogen and oxygen atoms in total. The molecular weight excluding hydrogens is 396 g/mol. The number of nitrogens with zero attached hydrogens (tertiary/aromatic N) is 1. The molecule has 146 valence electrons. The van der Waals surface area contributed by atoms with Crippen LogP contribution in [0.1, 0.15) is 54.2 Å². The van der Waals surface area contributed by atoms with Crippen LogP contribution in [0.4, 0.5) is 5.00 Å². The van der Waals surface area contributed by atoms with Crippen molar-refractivity contribution >= 4 is 39.6 Å². The zero-order chi connectivity index (χ0) is 19.3. The van der Waals surface area contributed by atoms with Gasteiger partial charge in [0.25, 0.3) is 5.91 Å². The van der Waals surface area contributed by atoms with E-state index in [1.165, 1.54) is 29.7 Å². The van der Waals surface area contributed by atoms with E-state index in [0.29, 0.717) is 44.0 Å². The summed E-state index contributed by atoms with van der Waals surface area (Å²) < 4.78 is 5.60. The van der Waals surface area contributed by atoms with Gasteiger partial charge in [0.1, 0.15) is 10.0 Å². The van der Waals surface area contributed by atoms with E-state index in [0.717, 1.165) is 32.6 Å². The first-order valence-electron chi connectivity index (χ1n) is 9.56. The fourth-order valence-electron chi connectivity index (χ4n) is 3.92. The molecule has 0 bridgehead atoms. The van der Waals surface area contributed by atoms with Gasteiger partial charge in [0.05, 0.1) is 18.9 Å². The van der Waals surface area contributed by atoms with Gasteiger partial charge in [-0.15, -0.1) is 22.7 Å². The van der Waals surface area contributed by atoms with E-state index >= 15 is 0 Å². The number of carbonyl (C=O) groups is 2. The number of aliphatic carboxylic acids is 1. The van der Waals surface area contributed by atoms with E-state index < -0.39 is 5.97 Å². The summed E-state index contributed by atoms with van der Waals surface area (Å²) in [6.45, 7) is 1.21. The number of amides is 1. The van der Waals surface area contributed by atoms with E-state index in [2.05, 4.69) is 10.7 Å². The average Bonchev–Trinajstić information content (AvgIpc) is 3.10. The number of thiazole rings is 1. The Morgan fingerprint density at radius 2 is 2.04 bits per heavy atom. The molecule has 1 amide bonds. The van der Waals surface area contributed by atoms with E-state index in [-0.39, 0.29) is 11.5 Å². The van der Waals surface area contributed by atoms with E-state index in [1.54, 1.807) is 11.3 Å². The van der Waals surface area contributed by atoms with Gasteiger partial charge in [0.15, 0.2) is 0 Å². The largest absolute Gasteiger partial charge is 0.478 e. The molecule has 0 aromatic carbocycles. The molecule has 1 saturated carbocycles. The van der Waals surface area contributed by atoms with Crippen molar-refractivity contribution in [2.75, 3.05) is 11.9 Å². The minimum Gasteiger partial charge on any atom is -0.478 e. The Balaban J connectivity index is 1.52. The smallest absolute Gasteiger partial charge is 0.332 e. The number of carboxylic acid groups (broad SMARTS) is 1. The lowest BCUT2D eigenvalue weighted by atomic mass is 10.1. The Morgan fingerprint density at radius 3 is 2.82 bits per heavy atom. The van der Waals surface area contributed by atoms with Gasteiger partial charge in [0.2, 0.25) is 0 Å². The molecule has 2 aliphatic carbocycles. The highest BCUT2D eigenvalue weighted by Gasteiger charge is 2.31. The number of hydrogen-bond acceptors (Lipinski definition) is 6. The molecule has 3 heterocycles. The van der Waals surface area contributed by atoms with Crippen molar-refractivity contribution in [3.63, 3.8) is 0 Å².